The second kappa shape index (κ2) is 6.46. The number of rotatable bonds is 3. The molecule has 6 heteroatoms. The first-order valence-electron chi connectivity index (χ1n) is 7.52. The Morgan fingerprint density at radius 2 is 1.75 bits per heavy atom. The summed E-state index contributed by atoms with van der Waals surface area (Å²) in [5.74, 6) is -0.491. The van der Waals surface area contributed by atoms with Crippen molar-refractivity contribution in [2.45, 2.75) is 26.3 Å². The molecular formula is C18H16Cl2N2O2. The van der Waals surface area contributed by atoms with E-state index in [4.69, 9.17) is 23.2 Å². The fourth-order valence-electron chi connectivity index (χ4n) is 2.67. The standard InChI is InChI=1S/C18H16Cl2N2O2/c1-10-3-5-13(7-11(10)2)22-17(23)9-16(18(22)24)21-12-4-6-14(19)15(20)8-12/h3-8,16,21H,9H2,1-2H3/t16-/m1/s1. The Kier molecular flexibility index (Phi) is 4.52. The number of benzene rings is 2. The Morgan fingerprint density at radius 1 is 1.00 bits per heavy atom. The number of nitrogens with zero attached hydrogens (tertiary/aromatic N) is 1. The summed E-state index contributed by atoms with van der Waals surface area (Å²) in [4.78, 5) is 26.2. The van der Waals surface area contributed by atoms with Crippen molar-refractivity contribution in [3.05, 3.63) is 57.6 Å². The van der Waals surface area contributed by atoms with Gasteiger partial charge in [-0.3, -0.25) is 9.59 Å². The molecule has 2 amide bonds. The summed E-state index contributed by atoms with van der Waals surface area (Å²) < 4.78 is 0. The largest absolute Gasteiger partial charge is 0.373 e. The first-order valence-corrected chi connectivity index (χ1v) is 8.28. The van der Waals surface area contributed by atoms with Gasteiger partial charge in [-0.05, 0) is 55.3 Å². The van der Waals surface area contributed by atoms with Crippen LogP contribution in [-0.4, -0.2) is 17.9 Å². The van der Waals surface area contributed by atoms with Gasteiger partial charge in [0.25, 0.3) is 5.91 Å². The van der Waals surface area contributed by atoms with Gasteiger partial charge >= 0.3 is 0 Å². The molecule has 0 spiro atoms. The maximum Gasteiger partial charge on any atom is 0.256 e. The molecular weight excluding hydrogens is 347 g/mol. The van der Waals surface area contributed by atoms with Gasteiger partial charge in [-0.15, -0.1) is 0 Å². The first kappa shape index (κ1) is 16.8. The first-order chi connectivity index (χ1) is 11.4. The molecule has 24 heavy (non-hydrogen) atoms. The molecule has 1 atom stereocenters. The zero-order valence-electron chi connectivity index (χ0n) is 13.3. The highest BCUT2D eigenvalue weighted by Crippen LogP contribution is 2.29. The molecule has 1 heterocycles. The van der Waals surface area contributed by atoms with Gasteiger partial charge in [0.05, 0.1) is 22.2 Å². The van der Waals surface area contributed by atoms with E-state index in [9.17, 15) is 9.59 Å². The van der Waals surface area contributed by atoms with Crippen molar-refractivity contribution >= 4 is 46.4 Å². The number of hydrogen-bond acceptors (Lipinski definition) is 3. The topological polar surface area (TPSA) is 49.4 Å². The van der Waals surface area contributed by atoms with Crippen LogP contribution >= 0.6 is 23.2 Å². The second-order valence-corrected chi connectivity index (χ2v) is 6.68. The van der Waals surface area contributed by atoms with E-state index in [-0.39, 0.29) is 18.2 Å². The van der Waals surface area contributed by atoms with Crippen LogP contribution in [0.15, 0.2) is 36.4 Å². The van der Waals surface area contributed by atoms with Crippen molar-refractivity contribution in [2.24, 2.45) is 0 Å². The highest BCUT2D eigenvalue weighted by Gasteiger charge is 2.39. The molecule has 1 aliphatic rings. The lowest BCUT2D eigenvalue weighted by molar-refractivity contribution is -0.121. The Hall–Kier alpha value is -2.04. The molecule has 0 radical (unpaired) electrons. The average molecular weight is 363 g/mol. The predicted molar refractivity (Wildman–Crippen MR) is 96.9 cm³/mol. The molecule has 3 rings (SSSR count). The second-order valence-electron chi connectivity index (χ2n) is 5.87. The molecule has 0 saturated carbocycles. The minimum atomic E-state index is -0.614. The van der Waals surface area contributed by atoms with Crippen LogP contribution in [0.5, 0.6) is 0 Å². The number of hydrogen-bond donors (Lipinski definition) is 1. The van der Waals surface area contributed by atoms with Crippen LogP contribution in [0.25, 0.3) is 0 Å². The third kappa shape index (κ3) is 3.12. The maximum atomic E-state index is 12.7. The summed E-state index contributed by atoms with van der Waals surface area (Å²) >= 11 is 11.9. The summed E-state index contributed by atoms with van der Waals surface area (Å²) in [7, 11) is 0. The molecule has 1 saturated heterocycles. The number of anilines is 2. The Morgan fingerprint density at radius 3 is 2.42 bits per heavy atom. The SMILES string of the molecule is Cc1ccc(N2C(=O)C[C@@H](Nc3ccc(Cl)c(Cl)c3)C2=O)cc1C. The fraction of sp³-hybridized carbons (Fsp3) is 0.222. The lowest BCUT2D eigenvalue weighted by Gasteiger charge is -2.17. The van der Waals surface area contributed by atoms with E-state index in [2.05, 4.69) is 5.32 Å². The Balaban J connectivity index is 1.83. The number of carbonyl (C=O) groups is 2. The monoisotopic (exact) mass is 362 g/mol. The molecule has 2 aromatic rings. The average Bonchev–Trinajstić information content (AvgIpc) is 2.80. The highest BCUT2D eigenvalue weighted by atomic mass is 35.5. The van der Waals surface area contributed by atoms with E-state index in [1.54, 1.807) is 24.3 Å². The number of nitrogens with one attached hydrogen (secondary N) is 1. The van der Waals surface area contributed by atoms with Crippen molar-refractivity contribution in [1.82, 2.24) is 0 Å². The van der Waals surface area contributed by atoms with Crippen LogP contribution in [0.1, 0.15) is 17.5 Å². The number of imide groups is 1. The van der Waals surface area contributed by atoms with Crippen molar-refractivity contribution in [3.63, 3.8) is 0 Å². The normalized spacial score (nSPS) is 17.5. The summed E-state index contributed by atoms with van der Waals surface area (Å²) in [5, 5.41) is 3.89. The zero-order valence-corrected chi connectivity index (χ0v) is 14.8. The van der Waals surface area contributed by atoms with Crippen molar-refractivity contribution in [1.29, 1.82) is 0 Å². The number of halogens is 2. The van der Waals surface area contributed by atoms with Crippen LogP contribution in [0.2, 0.25) is 10.0 Å². The molecule has 0 unspecified atom stereocenters. The number of carbonyl (C=O) groups excluding carboxylic acids is 2. The third-order valence-electron chi connectivity index (χ3n) is 4.16. The molecule has 1 fully saturated rings. The zero-order chi connectivity index (χ0) is 17.4. The Labute approximate surface area is 150 Å². The summed E-state index contributed by atoms with van der Waals surface area (Å²) in [6.45, 7) is 3.94. The minimum Gasteiger partial charge on any atom is -0.373 e. The molecule has 1 N–H and O–H groups in total. The lowest BCUT2D eigenvalue weighted by atomic mass is 10.1. The van der Waals surface area contributed by atoms with E-state index < -0.39 is 6.04 Å². The number of aryl methyl sites for hydroxylation is 2. The molecule has 0 aliphatic carbocycles. The summed E-state index contributed by atoms with van der Waals surface area (Å²) in [5.41, 5.74) is 3.40. The summed E-state index contributed by atoms with van der Waals surface area (Å²) in [6, 6.07) is 9.95. The maximum absolute atomic E-state index is 12.7. The predicted octanol–water partition coefficient (Wildman–Crippen LogP) is 4.35. The van der Waals surface area contributed by atoms with Gasteiger partial charge in [-0.1, -0.05) is 29.3 Å². The van der Waals surface area contributed by atoms with E-state index in [0.717, 1.165) is 11.1 Å². The van der Waals surface area contributed by atoms with Crippen molar-refractivity contribution in [3.8, 4) is 0 Å². The van der Waals surface area contributed by atoms with E-state index >= 15 is 0 Å². The van der Waals surface area contributed by atoms with Gasteiger partial charge in [-0.2, -0.15) is 0 Å². The van der Waals surface area contributed by atoms with Gasteiger partial charge in [-0.25, -0.2) is 4.90 Å². The van der Waals surface area contributed by atoms with Crippen LogP contribution in [0.3, 0.4) is 0 Å². The van der Waals surface area contributed by atoms with Gasteiger partial charge in [0.2, 0.25) is 5.91 Å². The highest BCUT2D eigenvalue weighted by molar-refractivity contribution is 6.42. The third-order valence-corrected chi connectivity index (χ3v) is 4.89. The van der Waals surface area contributed by atoms with Crippen LogP contribution < -0.4 is 10.2 Å². The summed E-state index contributed by atoms with van der Waals surface area (Å²) in [6.07, 6.45) is 0.103. The molecule has 0 aromatic heterocycles. The molecule has 124 valence electrons. The van der Waals surface area contributed by atoms with Crippen LogP contribution in [0, 0.1) is 13.8 Å². The van der Waals surface area contributed by atoms with E-state index in [1.807, 2.05) is 26.0 Å². The van der Waals surface area contributed by atoms with Crippen LogP contribution in [0.4, 0.5) is 11.4 Å². The minimum absolute atomic E-state index is 0.103. The molecule has 0 bridgehead atoms. The number of amides is 2. The quantitative estimate of drug-likeness (QED) is 0.825. The van der Waals surface area contributed by atoms with E-state index in [0.29, 0.717) is 21.4 Å². The van der Waals surface area contributed by atoms with Gasteiger partial charge < -0.3 is 5.32 Å². The smallest absolute Gasteiger partial charge is 0.256 e. The van der Waals surface area contributed by atoms with Crippen LogP contribution in [-0.2, 0) is 9.59 Å². The Bertz CT molecular complexity index is 836. The van der Waals surface area contributed by atoms with Crippen molar-refractivity contribution in [2.75, 3.05) is 10.2 Å². The lowest BCUT2D eigenvalue weighted by Crippen LogP contribution is -2.34. The van der Waals surface area contributed by atoms with Gasteiger partial charge in [0.1, 0.15) is 6.04 Å². The van der Waals surface area contributed by atoms with Crippen molar-refractivity contribution < 1.29 is 9.59 Å². The van der Waals surface area contributed by atoms with Gasteiger partial charge in [0.15, 0.2) is 0 Å². The fourth-order valence-corrected chi connectivity index (χ4v) is 2.97. The van der Waals surface area contributed by atoms with E-state index in [1.165, 1.54) is 4.90 Å². The molecule has 4 nitrogen and oxygen atoms in total. The molecule has 2 aromatic carbocycles. The molecule has 1 aliphatic heterocycles. The van der Waals surface area contributed by atoms with Gasteiger partial charge in [0, 0.05) is 5.69 Å².